The van der Waals surface area contributed by atoms with Crippen molar-refractivity contribution in [3.8, 4) is 0 Å². The van der Waals surface area contributed by atoms with Crippen LogP contribution in [0.5, 0.6) is 0 Å². The molecule has 1 amide bonds. The highest BCUT2D eigenvalue weighted by molar-refractivity contribution is 9.10. The van der Waals surface area contributed by atoms with Gasteiger partial charge in [-0.3, -0.25) is 4.79 Å². The zero-order valence-corrected chi connectivity index (χ0v) is 18.8. The SMILES string of the molecule is Cc1cc(Cl)ccc1C1c2c(cc(Br)n2C(C)C)C(=O)N1[C@H]1CC[C@H](O)CC1. The fourth-order valence-electron chi connectivity index (χ4n) is 4.83. The van der Waals surface area contributed by atoms with E-state index in [1.54, 1.807) is 0 Å². The number of benzene rings is 1. The number of carbonyl (C=O) groups excluding carboxylic acids is 1. The highest BCUT2D eigenvalue weighted by Gasteiger charge is 2.45. The van der Waals surface area contributed by atoms with Gasteiger partial charge in [-0.1, -0.05) is 17.7 Å². The summed E-state index contributed by atoms with van der Waals surface area (Å²) in [5.74, 6) is 0.0934. The topological polar surface area (TPSA) is 45.5 Å². The van der Waals surface area contributed by atoms with Crippen molar-refractivity contribution in [3.05, 3.63) is 56.3 Å². The molecule has 0 saturated heterocycles. The second-order valence-corrected chi connectivity index (χ2v) is 9.56. The van der Waals surface area contributed by atoms with E-state index in [2.05, 4.69) is 52.2 Å². The molecule has 0 spiro atoms. The molecule has 4 rings (SSSR count). The van der Waals surface area contributed by atoms with Crippen LogP contribution < -0.4 is 0 Å². The quantitative estimate of drug-likeness (QED) is 0.637. The zero-order chi connectivity index (χ0) is 20.2. The first-order valence-electron chi connectivity index (χ1n) is 9.97. The van der Waals surface area contributed by atoms with Gasteiger partial charge in [-0.05, 0) is 91.7 Å². The summed E-state index contributed by atoms with van der Waals surface area (Å²) in [5, 5.41) is 10.7. The minimum atomic E-state index is -0.245. The van der Waals surface area contributed by atoms with E-state index in [0.717, 1.165) is 52.7 Å². The molecule has 1 fully saturated rings. The molecule has 1 aliphatic heterocycles. The number of aliphatic hydroxyl groups is 1. The van der Waals surface area contributed by atoms with E-state index in [-0.39, 0.29) is 30.1 Å². The number of amides is 1. The number of nitrogens with zero attached hydrogens (tertiary/aromatic N) is 2. The number of aromatic nitrogens is 1. The van der Waals surface area contributed by atoms with Gasteiger partial charge in [-0.25, -0.2) is 0 Å². The van der Waals surface area contributed by atoms with Crippen LogP contribution in [0.3, 0.4) is 0 Å². The summed E-state index contributed by atoms with van der Waals surface area (Å²) in [5.41, 5.74) is 4.05. The number of aliphatic hydroxyl groups excluding tert-OH is 1. The molecule has 28 heavy (non-hydrogen) atoms. The number of halogens is 2. The fourth-order valence-corrected chi connectivity index (χ4v) is 5.88. The Hall–Kier alpha value is -1.30. The third kappa shape index (κ3) is 3.21. The molecule has 0 bridgehead atoms. The molecular formula is C22H26BrClN2O2. The van der Waals surface area contributed by atoms with Gasteiger partial charge in [-0.15, -0.1) is 0 Å². The Balaban J connectivity index is 1.87. The van der Waals surface area contributed by atoms with Crippen molar-refractivity contribution in [2.45, 2.75) is 70.7 Å². The second-order valence-electron chi connectivity index (χ2n) is 8.31. The van der Waals surface area contributed by atoms with E-state index in [4.69, 9.17) is 11.6 Å². The van der Waals surface area contributed by atoms with Crippen LogP contribution in [0.15, 0.2) is 28.9 Å². The molecule has 1 aromatic carbocycles. The Kier molecular flexibility index (Phi) is 5.36. The minimum Gasteiger partial charge on any atom is -0.393 e. The van der Waals surface area contributed by atoms with Crippen molar-refractivity contribution in [1.29, 1.82) is 0 Å². The van der Waals surface area contributed by atoms with Gasteiger partial charge in [0, 0.05) is 17.1 Å². The third-order valence-electron chi connectivity index (χ3n) is 6.13. The molecule has 6 heteroatoms. The molecule has 1 unspecified atom stereocenters. The van der Waals surface area contributed by atoms with Crippen LogP contribution in [0.4, 0.5) is 0 Å². The van der Waals surface area contributed by atoms with Crippen molar-refractivity contribution >= 4 is 33.4 Å². The molecule has 2 heterocycles. The van der Waals surface area contributed by atoms with Gasteiger partial charge in [0.2, 0.25) is 0 Å². The molecule has 1 aliphatic carbocycles. The molecule has 2 aromatic rings. The summed E-state index contributed by atoms with van der Waals surface area (Å²) in [7, 11) is 0. The normalized spacial score (nSPS) is 24.9. The van der Waals surface area contributed by atoms with Crippen LogP contribution in [0, 0.1) is 6.92 Å². The first-order valence-corrected chi connectivity index (χ1v) is 11.1. The van der Waals surface area contributed by atoms with Gasteiger partial charge < -0.3 is 14.6 Å². The molecule has 0 radical (unpaired) electrons. The predicted octanol–water partition coefficient (Wildman–Crippen LogP) is 5.64. The fraction of sp³-hybridized carbons (Fsp3) is 0.500. The lowest BCUT2D eigenvalue weighted by Gasteiger charge is -2.38. The number of aryl methyl sites for hydroxylation is 1. The summed E-state index contributed by atoms with van der Waals surface area (Å²) in [4.78, 5) is 15.6. The maximum atomic E-state index is 13.5. The molecule has 150 valence electrons. The van der Waals surface area contributed by atoms with Gasteiger partial charge in [0.1, 0.15) is 0 Å². The highest BCUT2D eigenvalue weighted by Crippen LogP contribution is 2.46. The molecule has 2 aliphatic rings. The number of fused-ring (bicyclic) bond motifs is 1. The molecule has 1 N–H and O–H groups in total. The summed E-state index contributed by atoms with van der Waals surface area (Å²) in [6, 6.07) is 8.15. The zero-order valence-electron chi connectivity index (χ0n) is 16.5. The van der Waals surface area contributed by atoms with Crippen LogP contribution in [0.1, 0.15) is 78.8 Å². The van der Waals surface area contributed by atoms with Gasteiger partial charge in [0.05, 0.1) is 28.0 Å². The number of hydrogen-bond acceptors (Lipinski definition) is 2. The van der Waals surface area contributed by atoms with Gasteiger partial charge in [0.25, 0.3) is 5.91 Å². The van der Waals surface area contributed by atoms with Crippen LogP contribution in [0.2, 0.25) is 5.02 Å². The van der Waals surface area contributed by atoms with Crippen LogP contribution in [0.25, 0.3) is 0 Å². The maximum absolute atomic E-state index is 13.5. The summed E-state index contributed by atoms with van der Waals surface area (Å²) < 4.78 is 3.17. The lowest BCUT2D eigenvalue weighted by atomic mass is 9.90. The van der Waals surface area contributed by atoms with Crippen molar-refractivity contribution in [1.82, 2.24) is 9.47 Å². The Morgan fingerprint density at radius 3 is 2.46 bits per heavy atom. The predicted molar refractivity (Wildman–Crippen MR) is 115 cm³/mol. The van der Waals surface area contributed by atoms with E-state index >= 15 is 0 Å². The average Bonchev–Trinajstić information content (AvgIpc) is 3.10. The van der Waals surface area contributed by atoms with Gasteiger partial charge >= 0.3 is 0 Å². The number of hydrogen-bond donors (Lipinski definition) is 1. The first-order chi connectivity index (χ1) is 13.3. The van der Waals surface area contributed by atoms with Crippen molar-refractivity contribution in [2.24, 2.45) is 0 Å². The Morgan fingerprint density at radius 2 is 1.86 bits per heavy atom. The Morgan fingerprint density at radius 1 is 1.18 bits per heavy atom. The number of carbonyl (C=O) groups is 1. The summed E-state index contributed by atoms with van der Waals surface area (Å²) >= 11 is 9.88. The van der Waals surface area contributed by atoms with E-state index in [1.165, 1.54) is 0 Å². The van der Waals surface area contributed by atoms with Gasteiger partial charge in [0.15, 0.2) is 0 Å². The molecule has 1 atom stereocenters. The smallest absolute Gasteiger partial charge is 0.256 e. The second kappa shape index (κ2) is 7.51. The lowest BCUT2D eigenvalue weighted by molar-refractivity contribution is 0.0457. The Bertz CT molecular complexity index is 916. The minimum absolute atomic E-state index is 0.0934. The van der Waals surface area contributed by atoms with Gasteiger partial charge in [-0.2, -0.15) is 0 Å². The van der Waals surface area contributed by atoms with E-state index < -0.39 is 0 Å². The van der Waals surface area contributed by atoms with E-state index in [0.29, 0.717) is 5.02 Å². The van der Waals surface area contributed by atoms with Crippen molar-refractivity contribution in [3.63, 3.8) is 0 Å². The van der Waals surface area contributed by atoms with Crippen molar-refractivity contribution in [2.75, 3.05) is 0 Å². The largest absolute Gasteiger partial charge is 0.393 e. The number of rotatable bonds is 3. The summed E-state index contributed by atoms with van der Waals surface area (Å²) in [6.45, 7) is 6.34. The molecule has 4 nitrogen and oxygen atoms in total. The molecule has 1 aromatic heterocycles. The monoisotopic (exact) mass is 464 g/mol. The highest BCUT2D eigenvalue weighted by atomic mass is 79.9. The molecule has 1 saturated carbocycles. The van der Waals surface area contributed by atoms with Crippen LogP contribution in [-0.4, -0.2) is 32.6 Å². The van der Waals surface area contributed by atoms with Crippen LogP contribution in [-0.2, 0) is 0 Å². The standard InChI is InChI=1S/C22H26BrClN2O2/c1-12(2)25-19(23)11-18-21(25)20(17-9-4-14(24)10-13(17)3)26(22(18)28)15-5-7-16(27)8-6-15/h4,9-12,15-16,20,27H,5-8H2,1-3H3/t15-,16-,20?. The average molecular weight is 466 g/mol. The third-order valence-corrected chi connectivity index (χ3v) is 6.98. The summed E-state index contributed by atoms with van der Waals surface area (Å²) in [6.07, 6.45) is 2.93. The van der Waals surface area contributed by atoms with E-state index in [9.17, 15) is 9.90 Å². The first kappa shape index (κ1) is 20.0. The Labute approximate surface area is 179 Å². The van der Waals surface area contributed by atoms with E-state index in [1.807, 2.05) is 18.2 Å². The lowest BCUT2D eigenvalue weighted by Crippen LogP contribution is -2.42. The maximum Gasteiger partial charge on any atom is 0.256 e. The molecular weight excluding hydrogens is 440 g/mol. The van der Waals surface area contributed by atoms with Crippen molar-refractivity contribution < 1.29 is 9.90 Å². The van der Waals surface area contributed by atoms with Crippen LogP contribution >= 0.6 is 27.5 Å².